The minimum atomic E-state index is -4.79. The number of nitrogens with one attached hydrogen (secondary N) is 3. The summed E-state index contributed by atoms with van der Waals surface area (Å²) in [4.78, 5) is 61.9. The molecule has 47 heavy (non-hydrogen) atoms. The summed E-state index contributed by atoms with van der Waals surface area (Å²) < 4.78 is 36.0. The highest BCUT2D eigenvalue weighted by Gasteiger charge is 2.43. The number of carbonyl (C=O) groups is 3. The highest BCUT2D eigenvalue weighted by molar-refractivity contribution is 7.46. The summed E-state index contributed by atoms with van der Waals surface area (Å²) in [5, 5.41) is 8.53. The average Bonchev–Trinajstić information content (AvgIpc) is 3.04. The number of halogens is 1. The lowest BCUT2D eigenvalue weighted by molar-refractivity contribution is -0.157. The molecule has 4 amide bonds. The molecule has 0 aliphatic carbocycles. The van der Waals surface area contributed by atoms with Gasteiger partial charge in [-0.25, -0.2) is 13.8 Å². The van der Waals surface area contributed by atoms with E-state index < -0.39 is 43.7 Å². The van der Waals surface area contributed by atoms with Crippen LogP contribution in [0.2, 0.25) is 0 Å². The van der Waals surface area contributed by atoms with Gasteiger partial charge in [0.1, 0.15) is 29.5 Å². The largest absolute Gasteiger partial charge is 0.524 e. The molecule has 1 heterocycles. The third-order valence-electron chi connectivity index (χ3n) is 7.31. The molecule has 3 aromatic carbocycles. The Labute approximate surface area is 271 Å². The molecule has 1 saturated heterocycles. The summed E-state index contributed by atoms with van der Waals surface area (Å²) >= 11 is 0. The molecule has 0 spiro atoms. The van der Waals surface area contributed by atoms with Crippen molar-refractivity contribution in [3.8, 4) is 11.5 Å². The average molecular weight is 670 g/mol. The lowest BCUT2D eigenvalue weighted by atomic mass is 9.99. The molecule has 0 bridgehead atoms. The summed E-state index contributed by atoms with van der Waals surface area (Å²) in [6.45, 7) is 3.71. The number of nitrogens with zero attached hydrogens (tertiary/aromatic N) is 2. The molecule has 15 heteroatoms. The van der Waals surface area contributed by atoms with Crippen molar-refractivity contribution in [1.82, 2.24) is 25.8 Å². The van der Waals surface area contributed by atoms with E-state index in [1.807, 2.05) is 30.3 Å². The van der Waals surface area contributed by atoms with E-state index in [1.54, 1.807) is 12.1 Å². The smallest absolute Gasteiger partial charge is 0.497 e. The third kappa shape index (κ3) is 10.1. The van der Waals surface area contributed by atoms with Gasteiger partial charge in [-0.05, 0) is 29.3 Å². The fraction of sp³-hybridized carbons (Fsp3) is 0.281. The van der Waals surface area contributed by atoms with Crippen LogP contribution in [-0.4, -0.2) is 76.4 Å². The van der Waals surface area contributed by atoms with E-state index in [0.717, 1.165) is 5.56 Å². The van der Waals surface area contributed by atoms with E-state index in [-0.39, 0.29) is 43.9 Å². The molecule has 3 aromatic rings. The van der Waals surface area contributed by atoms with Crippen LogP contribution < -0.4 is 25.2 Å². The van der Waals surface area contributed by atoms with Gasteiger partial charge in [0.05, 0.1) is 20.2 Å². The Morgan fingerprint density at radius 3 is 2.40 bits per heavy atom. The first-order chi connectivity index (χ1) is 22.5. The monoisotopic (exact) mass is 669 g/mol. The van der Waals surface area contributed by atoms with E-state index in [2.05, 4.69) is 27.1 Å². The van der Waals surface area contributed by atoms with E-state index in [9.17, 15) is 18.9 Å². The molecular formula is C32H37FN5O8P. The maximum absolute atomic E-state index is 15.0. The lowest BCUT2D eigenvalue weighted by Crippen LogP contribution is -2.69. The van der Waals surface area contributed by atoms with Crippen molar-refractivity contribution < 1.29 is 42.4 Å². The van der Waals surface area contributed by atoms with Gasteiger partial charge in [0.25, 0.3) is 0 Å². The molecule has 0 unspecified atom stereocenters. The van der Waals surface area contributed by atoms with E-state index in [0.29, 0.717) is 17.9 Å². The summed E-state index contributed by atoms with van der Waals surface area (Å²) in [6, 6.07) is 17.4. The second-order valence-corrected chi connectivity index (χ2v) is 11.8. The number of carbonyl (C=O) groups excluding carboxylic acids is 3. The van der Waals surface area contributed by atoms with Crippen LogP contribution in [0.1, 0.15) is 16.7 Å². The van der Waals surface area contributed by atoms with Crippen LogP contribution in [0.25, 0.3) is 0 Å². The van der Waals surface area contributed by atoms with Gasteiger partial charge in [0, 0.05) is 37.7 Å². The first kappa shape index (κ1) is 35.1. The fourth-order valence-electron chi connectivity index (χ4n) is 5.11. The van der Waals surface area contributed by atoms with Crippen LogP contribution in [0.5, 0.6) is 11.5 Å². The van der Waals surface area contributed by atoms with Gasteiger partial charge in [-0.2, -0.15) is 0 Å². The second-order valence-electron chi connectivity index (χ2n) is 10.7. The summed E-state index contributed by atoms with van der Waals surface area (Å²) in [7, 11) is -3.39. The predicted octanol–water partition coefficient (Wildman–Crippen LogP) is 2.69. The van der Waals surface area contributed by atoms with Crippen molar-refractivity contribution in [2.45, 2.75) is 31.7 Å². The topological polar surface area (TPSA) is 170 Å². The Hall–Kier alpha value is -4.75. The van der Waals surface area contributed by atoms with Crippen LogP contribution in [0.3, 0.4) is 0 Å². The Morgan fingerprint density at radius 2 is 1.77 bits per heavy atom. The molecule has 1 aliphatic rings. The van der Waals surface area contributed by atoms with Crippen molar-refractivity contribution in [2.24, 2.45) is 0 Å². The van der Waals surface area contributed by atoms with Gasteiger partial charge in [0.2, 0.25) is 11.8 Å². The van der Waals surface area contributed by atoms with Gasteiger partial charge in [-0.1, -0.05) is 54.6 Å². The SMILES string of the molecule is C=CCNCC(=O)N1[C@@H](NC(=O)NCc2ccccc2)CN(Cc2ccc(OC)cc2F)C(=O)[C@@H]1Cc1ccc(OP(=O)(O)O)cc1. The predicted molar refractivity (Wildman–Crippen MR) is 170 cm³/mol. The van der Waals surface area contributed by atoms with Gasteiger partial charge >= 0.3 is 13.9 Å². The summed E-state index contributed by atoms with van der Waals surface area (Å²) in [5.74, 6) is -1.35. The fourth-order valence-corrected chi connectivity index (χ4v) is 5.51. The van der Waals surface area contributed by atoms with E-state index in [1.165, 1.54) is 53.3 Å². The third-order valence-corrected chi connectivity index (χ3v) is 7.75. The van der Waals surface area contributed by atoms with Crippen LogP contribution in [0.4, 0.5) is 9.18 Å². The van der Waals surface area contributed by atoms with E-state index >= 15 is 4.39 Å². The Morgan fingerprint density at radius 1 is 1.06 bits per heavy atom. The Balaban J connectivity index is 1.65. The lowest BCUT2D eigenvalue weighted by Gasteiger charge is -2.46. The zero-order valence-electron chi connectivity index (χ0n) is 25.7. The van der Waals surface area contributed by atoms with Gasteiger partial charge in [-0.3, -0.25) is 19.4 Å². The number of hydrogen-bond acceptors (Lipinski definition) is 7. The molecule has 13 nitrogen and oxygen atoms in total. The maximum Gasteiger partial charge on any atom is 0.524 e. The van der Waals surface area contributed by atoms with Gasteiger partial charge < -0.3 is 35.0 Å². The molecule has 1 fully saturated rings. The second kappa shape index (κ2) is 16.2. The zero-order valence-corrected chi connectivity index (χ0v) is 26.6. The van der Waals surface area contributed by atoms with Gasteiger partial charge in [0.15, 0.2) is 0 Å². The number of benzene rings is 3. The van der Waals surface area contributed by atoms with Crippen molar-refractivity contribution in [3.63, 3.8) is 0 Å². The molecule has 1 aliphatic heterocycles. The van der Waals surface area contributed by atoms with Crippen molar-refractivity contribution in [1.29, 1.82) is 0 Å². The number of phosphoric ester groups is 1. The Bertz CT molecular complexity index is 1600. The number of phosphoric acid groups is 1. The molecule has 0 saturated carbocycles. The van der Waals surface area contributed by atoms with Crippen molar-refractivity contribution in [2.75, 3.05) is 26.7 Å². The first-order valence-electron chi connectivity index (χ1n) is 14.6. The summed E-state index contributed by atoms with van der Waals surface area (Å²) in [5.41, 5.74) is 1.59. The maximum atomic E-state index is 15.0. The number of piperazine rings is 1. The highest BCUT2D eigenvalue weighted by Crippen LogP contribution is 2.37. The van der Waals surface area contributed by atoms with Crippen molar-refractivity contribution >= 4 is 25.7 Å². The van der Waals surface area contributed by atoms with E-state index in [4.69, 9.17) is 14.5 Å². The quantitative estimate of drug-likeness (QED) is 0.0984. The van der Waals surface area contributed by atoms with Crippen LogP contribution in [0.15, 0.2) is 85.5 Å². The zero-order chi connectivity index (χ0) is 34.0. The number of urea groups is 1. The van der Waals surface area contributed by atoms with Crippen LogP contribution in [-0.2, 0) is 33.7 Å². The molecular weight excluding hydrogens is 632 g/mol. The molecule has 4 rings (SSSR count). The molecule has 0 radical (unpaired) electrons. The van der Waals surface area contributed by atoms with Gasteiger partial charge in [-0.15, -0.1) is 6.58 Å². The van der Waals surface area contributed by atoms with Crippen LogP contribution in [0, 0.1) is 5.82 Å². The molecule has 250 valence electrons. The minimum absolute atomic E-state index is 0.0341. The molecule has 2 atom stereocenters. The standard InChI is InChI=1S/C32H37FN5O8P/c1-3-15-34-19-30(39)38-28(16-22-9-12-25(13-10-22)46-47(42,43)44)31(40)37(20-24-11-14-26(45-2)17-27(24)33)21-29(38)36-32(41)35-18-23-7-5-4-6-8-23/h3-14,17,28-29,34H,1,15-16,18-21H2,2H3,(H2,35,36,41)(H2,42,43,44)/t28-,29+/m0/s1. The Kier molecular flexibility index (Phi) is 12.1. The number of ether oxygens (including phenoxy) is 1. The van der Waals surface area contributed by atoms with Crippen molar-refractivity contribution in [3.05, 3.63) is 108 Å². The number of amides is 4. The number of rotatable bonds is 14. The molecule has 5 N–H and O–H groups in total. The normalized spacial score (nSPS) is 16.4. The first-order valence-corrected chi connectivity index (χ1v) is 16.2. The number of methoxy groups -OCH3 is 1. The highest BCUT2D eigenvalue weighted by atomic mass is 31.2. The molecule has 0 aromatic heterocycles. The van der Waals surface area contributed by atoms with Crippen LogP contribution >= 0.6 is 7.82 Å². The minimum Gasteiger partial charge on any atom is -0.497 e. The number of hydrogen-bond donors (Lipinski definition) is 5. The summed E-state index contributed by atoms with van der Waals surface area (Å²) in [6.07, 6.45) is 0.531.